The molecule has 0 radical (unpaired) electrons. The van der Waals surface area contributed by atoms with Crippen molar-refractivity contribution in [2.45, 2.75) is 13.3 Å². The Labute approximate surface area is 135 Å². The number of rotatable bonds is 6. The van der Waals surface area contributed by atoms with Gasteiger partial charge in [-0.2, -0.15) is 0 Å². The maximum Gasteiger partial charge on any atom is 0.412 e. The van der Waals surface area contributed by atoms with Crippen LogP contribution in [0.1, 0.15) is 13.3 Å². The van der Waals surface area contributed by atoms with E-state index >= 15 is 0 Å². The summed E-state index contributed by atoms with van der Waals surface area (Å²) in [5, 5.41) is 2.63. The van der Waals surface area contributed by atoms with Gasteiger partial charge in [0.2, 0.25) is 0 Å². The fourth-order valence-electron chi connectivity index (χ4n) is 1.91. The number of ether oxygens (including phenoxy) is 2. The van der Waals surface area contributed by atoms with Crippen molar-refractivity contribution in [1.82, 2.24) is 5.32 Å². The Morgan fingerprint density at radius 1 is 0.913 bits per heavy atom. The van der Waals surface area contributed by atoms with Crippen molar-refractivity contribution >= 4 is 12.1 Å². The van der Waals surface area contributed by atoms with E-state index in [2.05, 4.69) is 5.32 Å². The summed E-state index contributed by atoms with van der Waals surface area (Å²) in [5.74, 6) is 0.596. The number of benzene rings is 2. The first-order valence-corrected chi connectivity index (χ1v) is 7.40. The van der Waals surface area contributed by atoms with Crippen LogP contribution in [0.25, 0.3) is 0 Å². The molecule has 2 aromatic carbocycles. The molecule has 2 aromatic rings. The minimum Gasteiger partial charge on any atom is -0.427 e. The van der Waals surface area contributed by atoms with Crippen molar-refractivity contribution in [1.29, 1.82) is 0 Å². The molecule has 5 heteroatoms. The van der Waals surface area contributed by atoms with Crippen molar-refractivity contribution in [3.63, 3.8) is 0 Å². The first-order chi connectivity index (χ1) is 11.1. The molecule has 0 spiro atoms. The average molecular weight is 313 g/mol. The highest BCUT2D eigenvalue weighted by Crippen LogP contribution is 2.12. The minimum absolute atomic E-state index is 0.0606. The Balaban J connectivity index is 1.69. The van der Waals surface area contributed by atoms with E-state index in [1.165, 1.54) is 0 Å². The number of hydrogen-bond acceptors (Lipinski definition) is 4. The van der Waals surface area contributed by atoms with E-state index in [0.717, 1.165) is 0 Å². The van der Waals surface area contributed by atoms with Gasteiger partial charge in [0.25, 0.3) is 0 Å². The second-order valence-corrected chi connectivity index (χ2v) is 5.18. The Morgan fingerprint density at radius 3 is 2.00 bits per heavy atom. The molecule has 0 fully saturated rings. The van der Waals surface area contributed by atoms with Crippen LogP contribution in [0, 0.1) is 5.92 Å². The van der Waals surface area contributed by atoms with Crippen LogP contribution in [0.5, 0.6) is 11.5 Å². The van der Waals surface area contributed by atoms with Crippen LogP contribution in [0.2, 0.25) is 0 Å². The smallest absolute Gasteiger partial charge is 0.412 e. The van der Waals surface area contributed by atoms with Crippen molar-refractivity contribution in [3.8, 4) is 11.5 Å². The summed E-state index contributed by atoms with van der Waals surface area (Å²) >= 11 is 0. The number of hydrogen-bond donors (Lipinski definition) is 1. The zero-order valence-corrected chi connectivity index (χ0v) is 12.9. The molecular formula is C18H19NO4. The molecule has 2 rings (SSSR count). The van der Waals surface area contributed by atoms with Gasteiger partial charge in [-0.15, -0.1) is 0 Å². The van der Waals surface area contributed by atoms with Gasteiger partial charge in [0.05, 0.1) is 6.42 Å². The lowest BCUT2D eigenvalue weighted by atomic mass is 10.1. The van der Waals surface area contributed by atoms with Crippen LogP contribution >= 0.6 is 0 Å². The summed E-state index contributed by atoms with van der Waals surface area (Å²) in [6.45, 7) is 2.19. The SMILES string of the molecule is CC(CNC(=O)Oc1ccccc1)CC(=O)Oc1ccccc1. The van der Waals surface area contributed by atoms with Gasteiger partial charge in [-0.1, -0.05) is 43.3 Å². The van der Waals surface area contributed by atoms with Crippen molar-refractivity contribution in [2.75, 3.05) is 6.54 Å². The fraction of sp³-hybridized carbons (Fsp3) is 0.222. The van der Waals surface area contributed by atoms with E-state index in [4.69, 9.17) is 9.47 Å². The van der Waals surface area contributed by atoms with Crippen LogP contribution < -0.4 is 14.8 Å². The molecule has 5 nitrogen and oxygen atoms in total. The lowest BCUT2D eigenvalue weighted by molar-refractivity contribution is -0.135. The minimum atomic E-state index is -0.542. The normalized spacial score (nSPS) is 11.3. The van der Waals surface area contributed by atoms with Gasteiger partial charge in [0, 0.05) is 6.54 Å². The summed E-state index contributed by atoms with van der Waals surface area (Å²) in [7, 11) is 0. The molecule has 23 heavy (non-hydrogen) atoms. The lowest BCUT2D eigenvalue weighted by Crippen LogP contribution is -2.32. The number of carbonyl (C=O) groups is 2. The molecule has 0 saturated heterocycles. The molecule has 0 aliphatic rings. The lowest BCUT2D eigenvalue weighted by Gasteiger charge is -2.12. The van der Waals surface area contributed by atoms with Crippen molar-refractivity contribution in [3.05, 3.63) is 60.7 Å². The van der Waals surface area contributed by atoms with E-state index in [-0.39, 0.29) is 18.3 Å². The standard InChI is InChI=1S/C18H19NO4/c1-14(12-17(20)22-15-8-4-2-5-9-15)13-19-18(21)23-16-10-6-3-7-11-16/h2-11,14H,12-13H2,1H3,(H,19,21). The Morgan fingerprint density at radius 2 is 1.43 bits per heavy atom. The third kappa shape index (κ3) is 6.22. The number of esters is 1. The quantitative estimate of drug-likeness (QED) is 0.655. The van der Waals surface area contributed by atoms with Crippen LogP contribution in [-0.2, 0) is 4.79 Å². The highest BCUT2D eigenvalue weighted by Gasteiger charge is 2.13. The van der Waals surface area contributed by atoms with Crippen molar-refractivity contribution < 1.29 is 19.1 Å². The summed E-state index contributed by atoms with van der Waals surface area (Å²) in [4.78, 5) is 23.4. The van der Waals surface area contributed by atoms with E-state index in [0.29, 0.717) is 18.0 Å². The van der Waals surface area contributed by atoms with Gasteiger partial charge in [-0.05, 0) is 30.2 Å². The first-order valence-electron chi connectivity index (χ1n) is 7.40. The first kappa shape index (κ1) is 16.5. The zero-order valence-electron chi connectivity index (χ0n) is 12.9. The van der Waals surface area contributed by atoms with Crippen LogP contribution in [0.3, 0.4) is 0 Å². The molecule has 0 aliphatic heterocycles. The van der Waals surface area contributed by atoms with E-state index in [9.17, 15) is 9.59 Å². The molecule has 1 atom stereocenters. The number of amides is 1. The van der Waals surface area contributed by atoms with E-state index < -0.39 is 6.09 Å². The van der Waals surface area contributed by atoms with Crippen LogP contribution in [0.15, 0.2) is 60.7 Å². The Kier molecular flexibility index (Phi) is 6.17. The summed E-state index contributed by atoms with van der Waals surface area (Å²) in [5.41, 5.74) is 0. The van der Waals surface area contributed by atoms with Gasteiger partial charge in [0.1, 0.15) is 11.5 Å². The number of carbonyl (C=O) groups excluding carboxylic acids is 2. The summed E-state index contributed by atoms with van der Waals surface area (Å²) in [6, 6.07) is 17.7. The second kappa shape index (κ2) is 8.58. The Hall–Kier alpha value is -2.82. The maximum atomic E-state index is 11.8. The van der Waals surface area contributed by atoms with Gasteiger partial charge in [-0.25, -0.2) is 4.79 Å². The van der Waals surface area contributed by atoms with Gasteiger partial charge in [-0.3, -0.25) is 4.79 Å². The zero-order chi connectivity index (χ0) is 16.5. The van der Waals surface area contributed by atoms with Crippen LogP contribution in [0.4, 0.5) is 4.79 Å². The fourth-order valence-corrected chi connectivity index (χ4v) is 1.91. The molecule has 1 N–H and O–H groups in total. The molecule has 0 aromatic heterocycles. The molecule has 0 heterocycles. The highest BCUT2D eigenvalue weighted by atomic mass is 16.6. The third-order valence-electron chi connectivity index (χ3n) is 3.04. The van der Waals surface area contributed by atoms with Crippen molar-refractivity contribution in [2.24, 2.45) is 5.92 Å². The van der Waals surface area contributed by atoms with Gasteiger partial charge >= 0.3 is 12.1 Å². The molecule has 0 saturated carbocycles. The molecule has 120 valence electrons. The maximum absolute atomic E-state index is 11.8. The van der Waals surface area contributed by atoms with E-state index in [1.54, 1.807) is 48.5 Å². The average Bonchev–Trinajstić information content (AvgIpc) is 2.55. The summed E-state index contributed by atoms with van der Waals surface area (Å²) in [6.07, 6.45) is -0.333. The predicted molar refractivity (Wildman–Crippen MR) is 86.3 cm³/mol. The molecular weight excluding hydrogens is 294 g/mol. The van der Waals surface area contributed by atoms with Gasteiger partial charge < -0.3 is 14.8 Å². The molecule has 1 unspecified atom stereocenters. The molecule has 0 aliphatic carbocycles. The largest absolute Gasteiger partial charge is 0.427 e. The van der Waals surface area contributed by atoms with Crippen LogP contribution in [-0.4, -0.2) is 18.6 Å². The summed E-state index contributed by atoms with van der Waals surface area (Å²) < 4.78 is 10.3. The molecule has 1 amide bonds. The molecule has 0 bridgehead atoms. The Bertz CT molecular complexity index is 628. The van der Waals surface area contributed by atoms with Gasteiger partial charge in [0.15, 0.2) is 0 Å². The highest BCUT2D eigenvalue weighted by molar-refractivity contribution is 5.73. The van der Waals surface area contributed by atoms with E-state index in [1.807, 2.05) is 19.1 Å². The second-order valence-electron chi connectivity index (χ2n) is 5.18. The topological polar surface area (TPSA) is 64.6 Å². The monoisotopic (exact) mass is 313 g/mol. The number of para-hydroxylation sites is 2. The predicted octanol–water partition coefficient (Wildman–Crippen LogP) is 3.41. The third-order valence-corrected chi connectivity index (χ3v) is 3.04. The number of nitrogens with one attached hydrogen (secondary N) is 1.